The molecular formula is C28H21N3O2. The second-order valence-electron chi connectivity index (χ2n) is 7.95. The summed E-state index contributed by atoms with van der Waals surface area (Å²) in [6.07, 6.45) is 1.54. The Hall–Kier alpha value is -4.38. The van der Waals surface area contributed by atoms with Gasteiger partial charge in [0.25, 0.3) is 0 Å². The number of anilines is 2. The first kappa shape index (κ1) is 19.3. The Labute approximate surface area is 191 Å². The molecule has 0 bridgehead atoms. The molecule has 5 nitrogen and oxygen atoms in total. The number of aromatic nitrogens is 2. The molecule has 0 fully saturated rings. The van der Waals surface area contributed by atoms with Crippen LogP contribution < -0.4 is 14.8 Å². The van der Waals surface area contributed by atoms with Gasteiger partial charge in [0.2, 0.25) is 5.88 Å². The molecule has 1 aromatic heterocycles. The molecule has 0 radical (unpaired) electrons. The van der Waals surface area contributed by atoms with Crippen molar-refractivity contribution in [3.8, 4) is 17.4 Å². The molecule has 1 aliphatic heterocycles. The highest BCUT2D eigenvalue weighted by Crippen LogP contribution is 2.51. The van der Waals surface area contributed by atoms with Crippen LogP contribution >= 0.6 is 0 Å². The first-order valence-corrected chi connectivity index (χ1v) is 10.8. The summed E-state index contributed by atoms with van der Waals surface area (Å²) in [4.78, 5) is 9.14. The molecule has 0 amide bonds. The Morgan fingerprint density at radius 1 is 0.818 bits per heavy atom. The van der Waals surface area contributed by atoms with Crippen LogP contribution in [0.2, 0.25) is 0 Å². The van der Waals surface area contributed by atoms with E-state index in [1.54, 1.807) is 13.4 Å². The van der Waals surface area contributed by atoms with E-state index in [4.69, 9.17) is 9.47 Å². The fourth-order valence-electron chi connectivity index (χ4n) is 4.48. The molecule has 6 rings (SSSR count). The fraction of sp³-hybridized carbons (Fsp3) is 0.0714. The molecular weight excluding hydrogens is 410 g/mol. The van der Waals surface area contributed by atoms with Crippen LogP contribution in [0.3, 0.4) is 0 Å². The van der Waals surface area contributed by atoms with Crippen LogP contribution in [-0.2, 0) is 0 Å². The third-order valence-electron chi connectivity index (χ3n) is 6.04. The molecule has 160 valence electrons. The topological polar surface area (TPSA) is 56.3 Å². The number of nitrogens with zero attached hydrogens (tertiary/aromatic N) is 2. The van der Waals surface area contributed by atoms with Crippen molar-refractivity contribution in [3.63, 3.8) is 0 Å². The smallest absolute Gasteiger partial charge is 0.228 e. The van der Waals surface area contributed by atoms with E-state index < -0.39 is 0 Å². The lowest BCUT2D eigenvalue weighted by molar-refractivity contribution is 0.415. The van der Waals surface area contributed by atoms with E-state index in [2.05, 4.69) is 63.8 Å². The zero-order valence-electron chi connectivity index (χ0n) is 18.0. The molecule has 1 atom stereocenters. The van der Waals surface area contributed by atoms with E-state index in [1.807, 2.05) is 42.5 Å². The maximum atomic E-state index is 6.45. The molecule has 0 saturated carbocycles. The summed E-state index contributed by atoms with van der Waals surface area (Å²) in [5, 5.41) is 5.67. The van der Waals surface area contributed by atoms with Crippen molar-refractivity contribution in [3.05, 3.63) is 114 Å². The van der Waals surface area contributed by atoms with Crippen LogP contribution in [0.5, 0.6) is 17.4 Å². The van der Waals surface area contributed by atoms with Crippen molar-refractivity contribution >= 4 is 22.3 Å². The number of ether oxygens (including phenoxy) is 2. The zero-order valence-corrected chi connectivity index (χ0v) is 18.0. The second kappa shape index (κ2) is 7.95. The van der Waals surface area contributed by atoms with Gasteiger partial charge >= 0.3 is 0 Å². The molecule has 0 spiro atoms. The Bertz CT molecular complexity index is 1450. The lowest BCUT2D eigenvalue weighted by atomic mass is 9.82. The maximum Gasteiger partial charge on any atom is 0.228 e. The van der Waals surface area contributed by atoms with E-state index in [-0.39, 0.29) is 5.92 Å². The van der Waals surface area contributed by atoms with Gasteiger partial charge < -0.3 is 14.8 Å². The minimum absolute atomic E-state index is 0.0727. The number of nitrogens with one attached hydrogen (secondary N) is 1. The van der Waals surface area contributed by atoms with Crippen LogP contribution in [-0.4, -0.2) is 17.1 Å². The van der Waals surface area contributed by atoms with Gasteiger partial charge in [-0.25, -0.2) is 9.97 Å². The molecule has 1 aliphatic rings. The quantitative estimate of drug-likeness (QED) is 0.338. The number of hydrogen-bond acceptors (Lipinski definition) is 5. The predicted octanol–water partition coefficient (Wildman–Crippen LogP) is 6.67. The second-order valence-corrected chi connectivity index (χ2v) is 7.95. The number of fused-ring (bicyclic) bond motifs is 4. The van der Waals surface area contributed by atoms with Crippen LogP contribution in [0.15, 0.2) is 97.3 Å². The molecule has 0 saturated heterocycles. The van der Waals surface area contributed by atoms with Crippen LogP contribution in [0.4, 0.5) is 11.5 Å². The van der Waals surface area contributed by atoms with Gasteiger partial charge in [0, 0.05) is 22.6 Å². The molecule has 5 heteroatoms. The van der Waals surface area contributed by atoms with Crippen molar-refractivity contribution in [2.45, 2.75) is 5.92 Å². The summed E-state index contributed by atoms with van der Waals surface area (Å²) in [7, 11) is 1.66. The first-order valence-electron chi connectivity index (χ1n) is 10.8. The van der Waals surface area contributed by atoms with Gasteiger partial charge in [-0.05, 0) is 35.2 Å². The fourth-order valence-corrected chi connectivity index (χ4v) is 4.48. The molecule has 2 heterocycles. The van der Waals surface area contributed by atoms with Crippen molar-refractivity contribution in [1.82, 2.24) is 9.97 Å². The Morgan fingerprint density at radius 3 is 2.42 bits per heavy atom. The average molecular weight is 431 g/mol. The average Bonchev–Trinajstić information content (AvgIpc) is 2.88. The monoisotopic (exact) mass is 431 g/mol. The molecule has 4 aromatic carbocycles. The van der Waals surface area contributed by atoms with Crippen molar-refractivity contribution in [2.24, 2.45) is 0 Å². The van der Waals surface area contributed by atoms with Gasteiger partial charge in [0.05, 0.1) is 12.7 Å². The summed E-state index contributed by atoms with van der Waals surface area (Å²) in [5.74, 6) is 2.87. The SMILES string of the molecule is COc1ccc(Nc2ncnc3c2C(c2ccccc2)c2ccc4ccccc4c2O3)cc1. The molecule has 5 aromatic rings. The van der Waals surface area contributed by atoms with Crippen LogP contribution in [0.25, 0.3) is 10.8 Å². The Kier molecular flexibility index (Phi) is 4.65. The lowest BCUT2D eigenvalue weighted by Gasteiger charge is -2.30. The molecule has 0 aliphatic carbocycles. The summed E-state index contributed by atoms with van der Waals surface area (Å²) in [6.45, 7) is 0. The Balaban J connectivity index is 1.54. The van der Waals surface area contributed by atoms with Crippen molar-refractivity contribution < 1.29 is 9.47 Å². The Morgan fingerprint density at radius 2 is 1.61 bits per heavy atom. The van der Waals surface area contributed by atoms with Gasteiger partial charge in [-0.2, -0.15) is 0 Å². The van der Waals surface area contributed by atoms with Gasteiger partial charge in [0.1, 0.15) is 23.6 Å². The minimum atomic E-state index is -0.0727. The lowest BCUT2D eigenvalue weighted by Crippen LogP contribution is -2.16. The van der Waals surface area contributed by atoms with E-state index >= 15 is 0 Å². The van der Waals surface area contributed by atoms with Gasteiger partial charge in [-0.1, -0.05) is 66.7 Å². The van der Waals surface area contributed by atoms with Gasteiger partial charge in [0.15, 0.2) is 0 Å². The summed E-state index contributed by atoms with van der Waals surface area (Å²) in [6, 6.07) is 30.8. The molecule has 1 N–H and O–H groups in total. The summed E-state index contributed by atoms with van der Waals surface area (Å²) in [5.41, 5.74) is 4.08. The highest BCUT2D eigenvalue weighted by atomic mass is 16.5. The maximum absolute atomic E-state index is 6.45. The van der Waals surface area contributed by atoms with Crippen LogP contribution in [0, 0.1) is 0 Å². The predicted molar refractivity (Wildman–Crippen MR) is 130 cm³/mol. The molecule has 1 unspecified atom stereocenters. The zero-order chi connectivity index (χ0) is 22.2. The first-order chi connectivity index (χ1) is 16.3. The number of hydrogen-bond donors (Lipinski definition) is 1. The third kappa shape index (κ3) is 3.34. The van der Waals surface area contributed by atoms with E-state index in [0.29, 0.717) is 5.88 Å². The minimum Gasteiger partial charge on any atom is -0.497 e. The van der Waals surface area contributed by atoms with E-state index in [0.717, 1.165) is 50.5 Å². The highest BCUT2D eigenvalue weighted by Gasteiger charge is 2.33. The van der Waals surface area contributed by atoms with Crippen molar-refractivity contribution in [1.29, 1.82) is 0 Å². The normalized spacial score (nSPS) is 14.2. The summed E-state index contributed by atoms with van der Waals surface area (Å²) < 4.78 is 11.7. The largest absolute Gasteiger partial charge is 0.497 e. The van der Waals surface area contributed by atoms with Crippen LogP contribution in [0.1, 0.15) is 22.6 Å². The molecule has 33 heavy (non-hydrogen) atoms. The number of rotatable bonds is 4. The number of methoxy groups -OCH3 is 1. The van der Waals surface area contributed by atoms with Gasteiger partial charge in [-0.3, -0.25) is 0 Å². The van der Waals surface area contributed by atoms with E-state index in [1.165, 1.54) is 0 Å². The highest BCUT2D eigenvalue weighted by molar-refractivity contribution is 5.91. The summed E-state index contributed by atoms with van der Waals surface area (Å²) >= 11 is 0. The van der Waals surface area contributed by atoms with Gasteiger partial charge in [-0.15, -0.1) is 0 Å². The van der Waals surface area contributed by atoms with E-state index in [9.17, 15) is 0 Å². The standard InChI is InChI=1S/C28H21N3O2/c1-32-21-14-12-20(13-15-21)31-27-25-24(19-8-3-2-4-9-19)23-16-11-18-7-5-6-10-22(18)26(23)33-28(25)30-17-29-27/h2-17,24H,1H3,(H,29,30,31). The van der Waals surface area contributed by atoms with Crippen molar-refractivity contribution in [2.75, 3.05) is 12.4 Å². The number of benzene rings is 4. The third-order valence-corrected chi connectivity index (χ3v) is 6.04.